The summed E-state index contributed by atoms with van der Waals surface area (Å²) in [5.74, 6) is -0.558. The van der Waals surface area contributed by atoms with Crippen LogP contribution >= 0.6 is 11.6 Å². The average Bonchev–Trinajstić information content (AvgIpc) is 2.43. The van der Waals surface area contributed by atoms with Gasteiger partial charge in [0.15, 0.2) is 0 Å². The lowest BCUT2D eigenvalue weighted by Crippen LogP contribution is -2.15. The van der Waals surface area contributed by atoms with Gasteiger partial charge < -0.3 is 4.74 Å². The standard InChI is InChI=1S/C15H20ClNO4/c1-3-4-5-6-7-11(2)21-15(18)12-8-9-13(16)14(10-12)17(19)20/h8-11H,3-7H2,1-2H3. The third kappa shape index (κ3) is 5.71. The molecule has 0 amide bonds. The highest BCUT2D eigenvalue weighted by atomic mass is 35.5. The molecular formula is C15H20ClNO4. The number of nitro benzene ring substituents is 1. The van der Waals surface area contributed by atoms with Crippen molar-refractivity contribution in [2.75, 3.05) is 0 Å². The molecule has 0 aliphatic carbocycles. The molecule has 0 N–H and O–H groups in total. The van der Waals surface area contributed by atoms with E-state index < -0.39 is 10.9 Å². The second-order valence-corrected chi connectivity index (χ2v) is 5.40. The summed E-state index contributed by atoms with van der Waals surface area (Å²) in [7, 11) is 0. The van der Waals surface area contributed by atoms with Gasteiger partial charge in [0.25, 0.3) is 5.69 Å². The zero-order chi connectivity index (χ0) is 15.8. The molecular weight excluding hydrogens is 294 g/mol. The normalized spacial score (nSPS) is 12.0. The largest absolute Gasteiger partial charge is 0.459 e. The van der Waals surface area contributed by atoms with Crippen molar-refractivity contribution in [3.05, 3.63) is 38.9 Å². The van der Waals surface area contributed by atoms with Gasteiger partial charge in [0.1, 0.15) is 5.02 Å². The summed E-state index contributed by atoms with van der Waals surface area (Å²) in [5, 5.41) is 10.8. The molecule has 0 aliphatic heterocycles. The lowest BCUT2D eigenvalue weighted by atomic mass is 10.1. The van der Waals surface area contributed by atoms with Crippen molar-refractivity contribution >= 4 is 23.3 Å². The van der Waals surface area contributed by atoms with Crippen LogP contribution in [-0.4, -0.2) is 17.0 Å². The van der Waals surface area contributed by atoms with Crippen molar-refractivity contribution < 1.29 is 14.5 Å². The van der Waals surface area contributed by atoms with Gasteiger partial charge in [-0.05, 0) is 31.9 Å². The fourth-order valence-electron chi connectivity index (χ4n) is 1.95. The van der Waals surface area contributed by atoms with E-state index in [1.807, 2.05) is 6.92 Å². The highest BCUT2D eigenvalue weighted by Crippen LogP contribution is 2.25. The van der Waals surface area contributed by atoms with Crippen molar-refractivity contribution in [1.29, 1.82) is 0 Å². The van der Waals surface area contributed by atoms with Crippen molar-refractivity contribution in [3.8, 4) is 0 Å². The molecule has 0 saturated heterocycles. The monoisotopic (exact) mass is 313 g/mol. The van der Waals surface area contributed by atoms with Crippen molar-refractivity contribution in [2.45, 2.75) is 52.1 Å². The van der Waals surface area contributed by atoms with Crippen LogP contribution in [0.25, 0.3) is 0 Å². The number of hydrogen-bond donors (Lipinski definition) is 0. The number of carbonyl (C=O) groups excluding carboxylic acids is 1. The second kappa shape index (κ2) is 8.62. The van der Waals surface area contributed by atoms with Gasteiger partial charge in [-0.2, -0.15) is 0 Å². The van der Waals surface area contributed by atoms with E-state index in [0.717, 1.165) is 31.7 Å². The lowest BCUT2D eigenvalue weighted by Gasteiger charge is -2.13. The molecule has 1 aromatic carbocycles. The maximum absolute atomic E-state index is 11.9. The first-order chi connectivity index (χ1) is 9.95. The number of benzene rings is 1. The Morgan fingerprint density at radius 2 is 2.10 bits per heavy atom. The van der Waals surface area contributed by atoms with Gasteiger partial charge in [-0.15, -0.1) is 0 Å². The predicted octanol–water partition coefficient (Wildman–Crippen LogP) is 4.76. The van der Waals surface area contributed by atoms with E-state index in [1.165, 1.54) is 18.6 Å². The molecule has 116 valence electrons. The van der Waals surface area contributed by atoms with Crippen molar-refractivity contribution in [3.63, 3.8) is 0 Å². The lowest BCUT2D eigenvalue weighted by molar-refractivity contribution is -0.384. The molecule has 21 heavy (non-hydrogen) atoms. The molecule has 0 bridgehead atoms. The molecule has 6 heteroatoms. The van der Waals surface area contributed by atoms with Crippen molar-refractivity contribution in [2.24, 2.45) is 0 Å². The molecule has 5 nitrogen and oxygen atoms in total. The minimum Gasteiger partial charge on any atom is -0.459 e. The number of nitro groups is 1. The summed E-state index contributed by atoms with van der Waals surface area (Å²) in [6, 6.07) is 3.91. The van der Waals surface area contributed by atoms with Crippen LogP contribution in [0.3, 0.4) is 0 Å². The summed E-state index contributed by atoms with van der Waals surface area (Å²) in [6.45, 7) is 3.96. The number of rotatable bonds is 8. The second-order valence-electron chi connectivity index (χ2n) is 4.99. The van der Waals surface area contributed by atoms with Gasteiger partial charge in [-0.1, -0.05) is 37.8 Å². The molecule has 0 aliphatic rings. The van der Waals surface area contributed by atoms with Crippen LogP contribution in [0.4, 0.5) is 5.69 Å². The Morgan fingerprint density at radius 3 is 2.71 bits per heavy atom. The van der Waals surface area contributed by atoms with Crippen LogP contribution in [0.2, 0.25) is 5.02 Å². The van der Waals surface area contributed by atoms with Crippen molar-refractivity contribution in [1.82, 2.24) is 0 Å². The summed E-state index contributed by atoms with van der Waals surface area (Å²) in [4.78, 5) is 22.1. The summed E-state index contributed by atoms with van der Waals surface area (Å²) >= 11 is 5.71. The number of nitrogens with zero attached hydrogens (tertiary/aromatic N) is 1. The molecule has 0 radical (unpaired) electrons. The summed E-state index contributed by atoms with van der Waals surface area (Å²) in [6.07, 6.45) is 5.03. The Morgan fingerprint density at radius 1 is 1.38 bits per heavy atom. The van der Waals surface area contributed by atoms with E-state index in [0.29, 0.717) is 0 Å². The van der Waals surface area contributed by atoms with E-state index in [-0.39, 0.29) is 22.4 Å². The topological polar surface area (TPSA) is 69.4 Å². The third-order valence-electron chi connectivity index (χ3n) is 3.15. The number of hydrogen-bond acceptors (Lipinski definition) is 4. The molecule has 0 spiro atoms. The SMILES string of the molecule is CCCCCCC(C)OC(=O)c1ccc(Cl)c([N+](=O)[O-])c1. The van der Waals surface area contributed by atoms with E-state index in [4.69, 9.17) is 16.3 Å². The quantitative estimate of drug-likeness (QED) is 0.300. The number of carbonyl (C=O) groups is 1. The van der Waals surface area contributed by atoms with Crippen LogP contribution in [0, 0.1) is 10.1 Å². The summed E-state index contributed by atoms with van der Waals surface area (Å²) in [5.41, 5.74) is -0.145. The van der Waals surface area contributed by atoms with E-state index in [9.17, 15) is 14.9 Å². The van der Waals surface area contributed by atoms with Crippen LogP contribution in [0.15, 0.2) is 18.2 Å². The van der Waals surface area contributed by atoms with Gasteiger partial charge in [0, 0.05) is 6.07 Å². The van der Waals surface area contributed by atoms with Gasteiger partial charge in [-0.3, -0.25) is 10.1 Å². The van der Waals surface area contributed by atoms with Crippen LogP contribution in [0.1, 0.15) is 56.3 Å². The van der Waals surface area contributed by atoms with Gasteiger partial charge >= 0.3 is 5.97 Å². The maximum atomic E-state index is 11.9. The Hall–Kier alpha value is -1.62. The third-order valence-corrected chi connectivity index (χ3v) is 3.47. The first kappa shape index (κ1) is 17.4. The van der Waals surface area contributed by atoms with Gasteiger partial charge in [-0.25, -0.2) is 4.79 Å². The average molecular weight is 314 g/mol. The molecule has 0 heterocycles. The van der Waals surface area contributed by atoms with Gasteiger partial charge in [0.05, 0.1) is 16.6 Å². The van der Waals surface area contributed by atoms with Crippen LogP contribution < -0.4 is 0 Å². The fraction of sp³-hybridized carbons (Fsp3) is 0.533. The zero-order valence-electron chi connectivity index (χ0n) is 12.3. The summed E-state index contributed by atoms with van der Waals surface area (Å²) < 4.78 is 5.29. The molecule has 1 atom stereocenters. The first-order valence-electron chi connectivity index (χ1n) is 7.10. The number of esters is 1. The number of unbranched alkanes of at least 4 members (excludes halogenated alkanes) is 3. The molecule has 0 aromatic heterocycles. The van der Waals surface area contributed by atoms with Crippen LogP contribution in [-0.2, 0) is 4.74 Å². The molecule has 1 unspecified atom stereocenters. The van der Waals surface area contributed by atoms with E-state index in [1.54, 1.807) is 0 Å². The Bertz CT molecular complexity index is 504. The Kier molecular flexibility index (Phi) is 7.15. The number of ether oxygens (including phenoxy) is 1. The number of halogens is 1. The minimum atomic E-state index is -0.618. The van der Waals surface area contributed by atoms with E-state index in [2.05, 4.69) is 6.92 Å². The smallest absolute Gasteiger partial charge is 0.338 e. The molecule has 1 aromatic rings. The zero-order valence-corrected chi connectivity index (χ0v) is 13.1. The van der Waals surface area contributed by atoms with Crippen LogP contribution in [0.5, 0.6) is 0 Å². The molecule has 0 saturated carbocycles. The minimum absolute atomic E-state index is 0.00386. The fourth-order valence-corrected chi connectivity index (χ4v) is 2.13. The molecule has 0 fully saturated rings. The Balaban J connectivity index is 2.59. The Labute approximate surface area is 129 Å². The van der Waals surface area contributed by atoms with Gasteiger partial charge in [0.2, 0.25) is 0 Å². The van der Waals surface area contributed by atoms with E-state index >= 15 is 0 Å². The molecule has 1 rings (SSSR count). The predicted molar refractivity (Wildman–Crippen MR) is 81.7 cm³/mol. The highest BCUT2D eigenvalue weighted by molar-refractivity contribution is 6.32. The highest BCUT2D eigenvalue weighted by Gasteiger charge is 2.18. The maximum Gasteiger partial charge on any atom is 0.338 e. The first-order valence-corrected chi connectivity index (χ1v) is 7.48.